The number of nitrogens with one attached hydrogen (secondary N) is 1. The smallest absolute Gasteiger partial charge is 0.271 e. The van der Waals surface area contributed by atoms with Crippen LogP contribution in [-0.4, -0.2) is 12.1 Å². The van der Waals surface area contributed by atoms with E-state index >= 15 is 0 Å². The minimum Gasteiger partial charge on any atom is -0.489 e. The van der Waals surface area contributed by atoms with Crippen LogP contribution in [0.1, 0.15) is 27.0 Å². The van der Waals surface area contributed by atoms with Gasteiger partial charge < -0.3 is 4.74 Å². The summed E-state index contributed by atoms with van der Waals surface area (Å²) in [6.45, 7) is 2.46. The van der Waals surface area contributed by atoms with Crippen LogP contribution in [0.15, 0.2) is 71.8 Å². The number of hydrazone groups is 1. The number of halogens is 2. The van der Waals surface area contributed by atoms with E-state index in [0.29, 0.717) is 27.8 Å². The fourth-order valence-corrected chi connectivity index (χ4v) is 2.84. The molecule has 0 aromatic heterocycles. The van der Waals surface area contributed by atoms with Crippen molar-refractivity contribution >= 4 is 35.3 Å². The predicted molar refractivity (Wildman–Crippen MR) is 113 cm³/mol. The van der Waals surface area contributed by atoms with Gasteiger partial charge in [0.15, 0.2) is 0 Å². The number of nitrogens with zero attached hydrogens (tertiary/aromatic N) is 1. The van der Waals surface area contributed by atoms with Crippen LogP contribution in [0.2, 0.25) is 10.0 Å². The highest BCUT2D eigenvalue weighted by Gasteiger charge is 2.05. The summed E-state index contributed by atoms with van der Waals surface area (Å²) in [6.07, 6.45) is 1.47. The zero-order valence-corrected chi connectivity index (χ0v) is 16.7. The average molecular weight is 413 g/mol. The molecule has 0 radical (unpaired) electrons. The average Bonchev–Trinajstić information content (AvgIpc) is 2.69. The molecule has 3 rings (SSSR count). The maximum Gasteiger partial charge on any atom is 0.271 e. The molecule has 0 fully saturated rings. The van der Waals surface area contributed by atoms with Crippen LogP contribution in [0.3, 0.4) is 0 Å². The molecular weight excluding hydrogens is 395 g/mol. The molecule has 6 heteroatoms. The quantitative estimate of drug-likeness (QED) is 0.420. The third-order valence-electron chi connectivity index (χ3n) is 3.97. The predicted octanol–water partition coefficient (Wildman–Crippen LogP) is 5.64. The number of rotatable bonds is 6. The SMILES string of the molecule is Cc1ccc(OCc2ccc(C(=O)NN=Cc3ccc(Cl)cc3Cl)cc2)cc1. The Morgan fingerprint density at radius 2 is 1.75 bits per heavy atom. The Morgan fingerprint density at radius 3 is 2.43 bits per heavy atom. The van der Waals surface area contributed by atoms with Crippen molar-refractivity contribution in [2.75, 3.05) is 0 Å². The second-order valence-corrected chi connectivity index (χ2v) is 7.01. The number of carbonyl (C=O) groups excluding carboxylic acids is 1. The van der Waals surface area contributed by atoms with Crippen LogP contribution in [0.4, 0.5) is 0 Å². The highest BCUT2D eigenvalue weighted by molar-refractivity contribution is 6.36. The Kier molecular flexibility index (Phi) is 6.69. The van der Waals surface area contributed by atoms with Crippen molar-refractivity contribution in [1.29, 1.82) is 0 Å². The van der Waals surface area contributed by atoms with E-state index in [0.717, 1.165) is 11.3 Å². The lowest BCUT2D eigenvalue weighted by Crippen LogP contribution is -2.17. The van der Waals surface area contributed by atoms with Gasteiger partial charge in [0, 0.05) is 16.1 Å². The summed E-state index contributed by atoms with van der Waals surface area (Å²) in [4.78, 5) is 12.2. The van der Waals surface area contributed by atoms with Crippen LogP contribution in [0.5, 0.6) is 5.75 Å². The Balaban J connectivity index is 1.54. The summed E-state index contributed by atoms with van der Waals surface area (Å²) in [5.41, 5.74) is 5.79. The van der Waals surface area contributed by atoms with E-state index in [2.05, 4.69) is 10.5 Å². The molecule has 0 aliphatic heterocycles. The number of benzene rings is 3. The van der Waals surface area contributed by atoms with Crippen LogP contribution < -0.4 is 10.2 Å². The number of hydrogen-bond donors (Lipinski definition) is 1. The normalized spacial score (nSPS) is 10.8. The molecule has 0 saturated carbocycles. The minimum absolute atomic E-state index is 0.313. The van der Waals surface area contributed by atoms with Crippen molar-refractivity contribution in [3.8, 4) is 5.75 Å². The Labute approximate surface area is 173 Å². The van der Waals surface area contributed by atoms with Gasteiger partial charge in [0.1, 0.15) is 12.4 Å². The number of aryl methyl sites for hydroxylation is 1. The van der Waals surface area contributed by atoms with Gasteiger partial charge in [-0.1, -0.05) is 59.1 Å². The number of carbonyl (C=O) groups is 1. The summed E-state index contributed by atoms with van der Waals surface area (Å²) in [7, 11) is 0. The molecule has 0 bridgehead atoms. The van der Waals surface area contributed by atoms with Gasteiger partial charge in [-0.3, -0.25) is 4.79 Å². The Hall–Kier alpha value is -2.82. The van der Waals surface area contributed by atoms with Crippen LogP contribution in [-0.2, 0) is 6.61 Å². The molecule has 3 aromatic carbocycles. The Bertz CT molecular complexity index is 984. The fourth-order valence-electron chi connectivity index (χ4n) is 2.38. The first-order valence-corrected chi connectivity index (χ1v) is 9.34. The monoisotopic (exact) mass is 412 g/mol. The zero-order valence-electron chi connectivity index (χ0n) is 15.2. The van der Waals surface area contributed by atoms with Crippen molar-refractivity contribution in [3.63, 3.8) is 0 Å². The van der Waals surface area contributed by atoms with E-state index in [1.807, 2.05) is 43.3 Å². The molecule has 0 heterocycles. The first kappa shape index (κ1) is 19.9. The van der Waals surface area contributed by atoms with Gasteiger partial charge in [-0.15, -0.1) is 0 Å². The molecule has 0 spiro atoms. The van der Waals surface area contributed by atoms with Crippen molar-refractivity contribution < 1.29 is 9.53 Å². The topological polar surface area (TPSA) is 50.7 Å². The van der Waals surface area contributed by atoms with Crippen molar-refractivity contribution in [2.45, 2.75) is 13.5 Å². The van der Waals surface area contributed by atoms with Crippen LogP contribution >= 0.6 is 23.2 Å². The maximum absolute atomic E-state index is 12.2. The number of amides is 1. The van der Waals surface area contributed by atoms with Gasteiger partial charge in [-0.25, -0.2) is 5.43 Å². The summed E-state index contributed by atoms with van der Waals surface area (Å²) in [5.74, 6) is 0.495. The third-order valence-corrected chi connectivity index (χ3v) is 4.54. The molecule has 142 valence electrons. The lowest BCUT2D eigenvalue weighted by molar-refractivity contribution is 0.0955. The summed E-state index contributed by atoms with van der Waals surface area (Å²) >= 11 is 11.9. The first-order chi connectivity index (χ1) is 13.5. The molecule has 0 unspecified atom stereocenters. The fraction of sp³-hybridized carbons (Fsp3) is 0.0909. The van der Waals surface area contributed by atoms with E-state index < -0.39 is 0 Å². The number of ether oxygens (including phenoxy) is 1. The third kappa shape index (κ3) is 5.59. The van der Waals surface area contributed by atoms with Crippen molar-refractivity contribution in [1.82, 2.24) is 5.43 Å². The largest absolute Gasteiger partial charge is 0.489 e. The molecule has 0 aliphatic carbocycles. The van der Waals surface area contributed by atoms with E-state index in [-0.39, 0.29) is 5.91 Å². The molecule has 0 saturated heterocycles. The highest BCUT2D eigenvalue weighted by Crippen LogP contribution is 2.19. The maximum atomic E-state index is 12.2. The molecule has 1 N–H and O–H groups in total. The molecule has 0 atom stereocenters. The molecule has 3 aromatic rings. The minimum atomic E-state index is -0.313. The van der Waals surface area contributed by atoms with Gasteiger partial charge >= 0.3 is 0 Å². The van der Waals surface area contributed by atoms with Crippen LogP contribution in [0.25, 0.3) is 0 Å². The van der Waals surface area contributed by atoms with Gasteiger partial charge in [-0.05, 0) is 48.9 Å². The van der Waals surface area contributed by atoms with Gasteiger partial charge in [0.25, 0.3) is 5.91 Å². The standard InChI is InChI=1S/C22H18Cl2N2O2/c1-15-2-10-20(11-3-15)28-14-16-4-6-17(7-5-16)22(27)26-25-13-18-8-9-19(23)12-21(18)24/h2-13H,14H2,1H3,(H,26,27). The lowest BCUT2D eigenvalue weighted by atomic mass is 10.1. The lowest BCUT2D eigenvalue weighted by Gasteiger charge is -2.07. The molecule has 28 heavy (non-hydrogen) atoms. The molecule has 4 nitrogen and oxygen atoms in total. The van der Waals surface area contributed by atoms with E-state index in [1.54, 1.807) is 30.3 Å². The zero-order chi connectivity index (χ0) is 19.9. The molecular formula is C22H18Cl2N2O2. The van der Waals surface area contributed by atoms with Crippen molar-refractivity contribution in [2.24, 2.45) is 5.10 Å². The first-order valence-electron chi connectivity index (χ1n) is 8.58. The Morgan fingerprint density at radius 1 is 1.04 bits per heavy atom. The molecule has 1 amide bonds. The molecule has 0 aliphatic rings. The van der Waals surface area contributed by atoms with E-state index in [9.17, 15) is 4.79 Å². The van der Waals surface area contributed by atoms with E-state index in [4.69, 9.17) is 27.9 Å². The van der Waals surface area contributed by atoms with Gasteiger partial charge in [0.05, 0.1) is 11.2 Å². The number of hydrogen-bond acceptors (Lipinski definition) is 3. The van der Waals surface area contributed by atoms with Crippen molar-refractivity contribution in [3.05, 3.63) is 99.0 Å². The van der Waals surface area contributed by atoms with Crippen LogP contribution in [0, 0.1) is 6.92 Å². The summed E-state index contributed by atoms with van der Waals surface area (Å²) in [6, 6.07) is 20.1. The summed E-state index contributed by atoms with van der Waals surface area (Å²) in [5, 5.41) is 4.94. The highest BCUT2D eigenvalue weighted by atomic mass is 35.5. The van der Waals surface area contributed by atoms with Gasteiger partial charge in [0.2, 0.25) is 0 Å². The second kappa shape index (κ2) is 9.40. The second-order valence-electron chi connectivity index (χ2n) is 6.16. The van der Waals surface area contributed by atoms with Gasteiger partial charge in [-0.2, -0.15) is 5.10 Å². The van der Waals surface area contributed by atoms with E-state index in [1.165, 1.54) is 11.8 Å². The summed E-state index contributed by atoms with van der Waals surface area (Å²) < 4.78 is 5.73.